The van der Waals surface area contributed by atoms with Gasteiger partial charge in [0.25, 0.3) is 0 Å². The number of rotatable bonds is 6. The molecule has 5 unspecified atom stereocenters. The molecule has 5 atom stereocenters. The van der Waals surface area contributed by atoms with Crippen molar-refractivity contribution in [1.82, 2.24) is 4.98 Å². The summed E-state index contributed by atoms with van der Waals surface area (Å²) in [6, 6.07) is 21.5. The van der Waals surface area contributed by atoms with Crippen molar-refractivity contribution in [1.29, 1.82) is 0 Å². The van der Waals surface area contributed by atoms with E-state index >= 15 is 0 Å². The largest absolute Gasteiger partial charge is 0.451 e. The first-order chi connectivity index (χ1) is 20.7. The van der Waals surface area contributed by atoms with Crippen molar-refractivity contribution in [2.45, 2.75) is 33.3 Å². The molecule has 1 aromatic heterocycles. The van der Waals surface area contributed by atoms with Gasteiger partial charge in [0.15, 0.2) is 6.10 Å². The number of nitrogens with zero attached hydrogens (tertiary/aromatic N) is 2. The Hall–Kier alpha value is -4.91. The van der Waals surface area contributed by atoms with Gasteiger partial charge in [-0.2, -0.15) is 0 Å². The maximum Gasteiger partial charge on any atom is 0.339 e. The molecule has 7 nitrogen and oxygen atoms in total. The third kappa shape index (κ3) is 4.38. The number of hydrogen-bond acceptors (Lipinski definition) is 6. The van der Waals surface area contributed by atoms with Gasteiger partial charge in [-0.05, 0) is 62.8 Å². The van der Waals surface area contributed by atoms with Crippen molar-refractivity contribution in [2.24, 2.45) is 23.7 Å². The SMILES string of the molecule is Cc1ccc(C(=O)C(C)OC(=O)c2cc(-c3ccc(N4C(=O)C5C6C=CC(C6)C5C4=O)cc3)nc3c(C)cccc23)cc1. The number of ether oxygens (including phenoxy) is 1. The fourth-order valence-electron chi connectivity index (χ4n) is 6.88. The van der Waals surface area contributed by atoms with E-state index < -0.39 is 12.1 Å². The van der Waals surface area contributed by atoms with E-state index in [2.05, 4.69) is 12.2 Å². The Bertz CT molecular complexity index is 1830. The molecule has 2 bridgehead atoms. The highest BCUT2D eigenvalue weighted by Gasteiger charge is 2.59. The van der Waals surface area contributed by atoms with E-state index in [1.807, 2.05) is 56.3 Å². The minimum Gasteiger partial charge on any atom is -0.451 e. The van der Waals surface area contributed by atoms with Gasteiger partial charge in [0.1, 0.15) is 0 Å². The van der Waals surface area contributed by atoms with Crippen LogP contribution in [0.3, 0.4) is 0 Å². The van der Waals surface area contributed by atoms with Crippen LogP contribution in [0, 0.1) is 37.5 Å². The second kappa shape index (κ2) is 10.1. The third-order valence-electron chi connectivity index (χ3n) is 9.14. The number of para-hydroxylation sites is 1. The molecule has 0 radical (unpaired) electrons. The highest BCUT2D eigenvalue weighted by Crippen LogP contribution is 2.53. The monoisotopic (exact) mass is 570 g/mol. The lowest BCUT2D eigenvalue weighted by atomic mass is 9.85. The summed E-state index contributed by atoms with van der Waals surface area (Å²) in [5.74, 6) is -1.38. The van der Waals surface area contributed by atoms with Gasteiger partial charge in [-0.25, -0.2) is 9.78 Å². The zero-order chi connectivity index (χ0) is 30.0. The number of carbonyl (C=O) groups excluding carboxylic acids is 4. The summed E-state index contributed by atoms with van der Waals surface area (Å²) in [6.45, 7) is 5.44. The number of pyridine rings is 1. The molecule has 0 N–H and O–H groups in total. The normalized spacial score (nSPS) is 22.7. The molecule has 2 fully saturated rings. The predicted octanol–water partition coefficient (Wildman–Crippen LogP) is 6.26. The van der Waals surface area contributed by atoms with Gasteiger partial charge in [-0.3, -0.25) is 19.3 Å². The summed E-state index contributed by atoms with van der Waals surface area (Å²) >= 11 is 0. The first-order valence-corrected chi connectivity index (χ1v) is 14.6. The number of amides is 2. The van der Waals surface area contributed by atoms with Gasteiger partial charge < -0.3 is 4.74 Å². The number of aromatic nitrogens is 1. The molecular weight excluding hydrogens is 540 g/mol. The molecule has 3 aliphatic rings. The molecule has 214 valence electrons. The van der Waals surface area contributed by atoms with E-state index in [9.17, 15) is 19.2 Å². The molecular formula is C36H30N2O5. The highest BCUT2D eigenvalue weighted by molar-refractivity contribution is 6.23. The van der Waals surface area contributed by atoms with Crippen LogP contribution in [-0.4, -0.2) is 34.7 Å². The smallest absolute Gasteiger partial charge is 0.339 e. The molecule has 3 aromatic carbocycles. The van der Waals surface area contributed by atoms with E-state index in [4.69, 9.17) is 9.72 Å². The van der Waals surface area contributed by atoms with Crippen LogP contribution >= 0.6 is 0 Å². The molecule has 2 amide bonds. The maximum atomic E-state index is 13.5. The lowest BCUT2D eigenvalue weighted by Gasteiger charge is -2.18. The number of benzene rings is 3. The third-order valence-corrected chi connectivity index (χ3v) is 9.14. The van der Waals surface area contributed by atoms with Crippen molar-refractivity contribution in [3.05, 3.63) is 107 Å². The molecule has 7 heteroatoms. The lowest BCUT2D eigenvalue weighted by Crippen LogP contribution is -2.32. The van der Waals surface area contributed by atoms with Crippen LogP contribution < -0.4 is 4.90 Å². The highest BCUT2D eigenvalue weighted by atomic mass is 16.5. The van der Waals surface area contributed by atoms with Gasteiger partial charge in [0, 0.05) is 16.5 Å². The number of fused-ring (bicyclic) bond motifs is 6. The van der Waals surface area contributed by atoms with Crippen LogP contribution in [0.1, 0.15) is 45.2 Å². The van der Waals surface area contributed by atoms with Gasteiger partial charge in [0.05, 0.1) is 34.3 Å². The van der Waals surface area contributed by atoms with Gasteiger partial charge >= 0.3 is 5.97 Å². The Kier molecular flexibility index (Phi) is 6.34. The Morgan fingerprint density at radius 3 is 2.19 bits per heavy atom. The van der Waals surface area contributed by atoms with E-state index in [-0.39, 0.29) is 41.3 Å². The number of allylic oxidation sites excluding steroid dienone is 2. The molecule has 1 aliphatic heterocycles. The van der Waals surface area contributed by atoms with Crippen molar-refractivity contribution in [2.75, 3.05) is 4.90 Å². The lowest BCUT2D eigenvalue weighted by molar-refractivity contribution is -0.123. The van der Waals surface area contributed by atoms with E-state index in [0.29, 0.717) is 39.0 Å². The number of anilines is 1. The summed E-state index contributed by atoms with van der Waals surface area (Å²) < 4.78 is 5.69. The zero-order valence-electron chi connectivity index (χ0n) is 24.1. The van der Waals surface area contributed by atoms with Crippen LogP contribution in [0.15, 0.2) is 84.9 Å². The number of aryl methyl sites for hydroxylation is 2. The second-order valence-electron chi connectivity index (χ2n) is 11.9. The average Bonchev–Trinajstić information content (AvgIpc) is 3.70. The molecule has 2 aliphatic carbocycles. The number of esters is 1. The van der Waals surface area contributed by atoms with Crippen LogP contribution in [0.25, 0.3) is 22.2 Å². The fraction of sp³-hybridized carbons (Fsp3) is 0.250. The zero-order valence-corrected chi connectivity index (χ0v) is 24.1. The Balaban J connectivity index is 1.18. The standard InChI is InChI=1S/C36H30N2O5/c1-19-7-9-23(10-8-19)33(39)21(3)43-36(42)28-18-29(37-32-20(2)5-4-6-27(28)32)22-13-15-26(16-14-22)38-34(40)30-24-11-12-25(17-24)31(30)35(38)41/h4-16,18,21,24-25,30-31H,17H2,1-3H3. The molecule has 43 heavy (non-hydrogen) atoms. The van der Waals surface area contributed by atoms with Crippen LogP contribution in [0.5, 0.6) is 0 Å². The minimum absolute atomic E-state index is 0.126. The average molecular weight is 571 g/mol. The summed E-state index contributed by atoms with van der Waals surface area (Å²) in [7, 11) is 0. The maximum absolute atomic E-state index is 13.5. The summed E-state index contributed by atoms with van der Waals surface area (Å²) in [6.07, 6.45) is 4.07. The second-order valence-corrected chi connectivity index (χ2v) is 11.9. The van der Waals surface area contributed by atoms with Gasteiger partial charge in [-0.1, -0.05) is 72.3 Å². The van der Waals surface area contributed by atoms with Crippen LogP contribution in [-0.2, 0) is 14.3 Å². The molecule has 1 saturated carbocycles. The molecule has 4 aromatic rings. The molecule has 7 rings (SSSR count). The number of Topliss-reactive ketones (excluding diaryl/α,β-unsaturated/α-hetero) is 1. The summed E-state index contributed by atoms with van der Waals surface area (Å²) in [5.41, 5.74) is 5.13. The van der Waals surface area contributed by atoms with E-state index in [0.717, 1.165) is 17.5 Å². The van der Waals surface area contributed by atoms with E-state index in [1.165, 1.54) is 4.90 Å². The minimum atomic E-state index is -0.980. The number of carbonyl (C=O) groups is 4. The van der Waals surface area contributed by atoms with Gasteiger partial charge in [0.2, 0.25) is 17.6 Å². The summed E-state index contributed by atoms with van der Waals surface area (Å²) in [4.78, 5) is 59.2. The van der Waals surface area contributed by atoms with Crippen molar-refractivity contribution in [3.8, 4) is 11.3 Å². The molecule has 0 spiro atoms. The number of ketones is 1. The predicted molar refractivity (Wildman–Crippen MR) is 163 cm³/mol. The Labute approximate surface area is 249 Å². The van der Waals surface area contributed by atoms with E-state index in [1.54, 1.807) is 37.3 Å². The molecule has 2 heterocycles. The van der Waals surface area contributed by atoms with Crippen molar-refractivity contribution >= 4 is 40.2 Å². The quantitative estimate of drug-likeness (QED) is 0.118. The van der Waals surface area contributed by atoms with Gasteiger partial charge in [-0.15, -0.1) is 0 Å². The van der Waals surface area contributed by atoms with Crippen molar-refractivity contribution < 1.29 is 23.9 Å². The van der Waals surface area contributed by atoms with Crippen LogP contribution in [0.2, 0.25) is 0 Å². The Morgan fingerprint density at radius 1 is 0.884 bits per heavy atom. The fourth-order valence-corrected chi connectivity index (χ4v) is 6.88. The first-order valence-electron chi connectivity index (χ1n) is 14.6. The first kappa shape index (κ1) is 27.0. The molecule has 1 saturated heterocycles. The summed E-state index contributed by atoms with van der Waals surface area (Å²) in [5, 5.41) is 0.628. The van der Waals surface area contributed by atoms with Crippen molar-refractivity contribution in [3.63, 3.8) is 0 Å². The topological polar surface area (TPSA) is 93.6 Å². The number of hydrogen-bond donors (Lipinski definition) is 0. The number of imide groups is 1. The van der Waals surface area contributed by atoms with Crippen LogP contribution in [0.4, 0.5) is 5.69 Å². The Morgan fingerprint density at radius 2 is 1.53 bits per heavy atom.